The van der Waals surface area contributed by atoms with Gasteiger partial charge in [-0.05, 0) is 49.6 Å². The third-order valence-corrected chi connectivity index (χ3v) is 3.81. The highest BCUT2D eigenvalue weighted by molar-refractivity contribution is 5.95. The standard InChI is InChI=1S/C16H23N3O2/c1-3-14(20)18-12-6-8-13(9-7-12)19-16(21)15-11(2)5-4-10-17-15/h6-9,11,15,17H,3-5,10H2,1-2H3,(H,18,20)(H,19,21). The number of hydrogen-bond donors (Lipinski definition) is 3. The van der Waals surface area contributed by atoms with Crippen molar-refractivity contribution in [2.45, 2.75) is 39.2 Å². The fraction of sp³-hybridized carbons (Fsp3) is 0.500. The van der Waals surface area contributed by atoms with Crippen molar-refractivity contribution >= 4 is 23.2 Å². The Morgan fingerprint density at radius 1 is 1.19 bits per heavy atom. The molecule has 0 saturated carbocycles. The van der Waals surface area contributed by atoms with Crippen LogP contribution < -0.4 is 16.0 Å². The van der Waals surface area contributed by atoms with Gasteiger partial charge < -0.3 is 16.0 Å². The number of carbonyl (C=O) groups is 2. The van der Waals surface area contributed by atoms with E-state index < -0.39 is 0 Å². The van der Waals surface area contributed by atoms with Gasteiger partial charge in [-0.3, -0.25) is 9.59 Å². The normalized spacial score (nSPS) is 21.6. The summed E-state index contributed by atoms with van der Waals surface area (Å²) in [7, 11) is 0. The second-order valence-corrected chi connectivity index (χ2v) is 5.52. The predicted molar refractivity (Wildman–Crippen MR) is 84.2 cm³/mol. The minimum absolute atomic E-state index is 0.00698. The van der Waals surface area contributed by atoms with E-state index in [1.54, 1.807) is 24.3 Å². The molecule has 2 rings (SSSR count). The first kappa shape index (κ1) is 15.5. The van der Waals surface area contributed by atoms with Crippen LogP contribution in [0.5, 0.6) is 0 Å². The van der Waals surface area contributed by atoms with Gasteiger partial charge in [-0.25, -0.2) is 0 Å². The van der Waals surface area contributed by atoms with E-state index in [4.69, 9.17) is 0 Å². The van der Waals surface area contributed by atoms with Gasteiger partial charge in [0.05, 0.1) is 6.04 Å². The van der Waals surface area contributed by atoms with Gasteiger partial charge >= 0.3 is 0 Å². The van der Waals surface area contributed by atoms with Crippen LogP contribution in [0.1, 0.15) is 33.1 Å². The fourth-order valence-electron chi connectivity index (χ4n) is 2.51. The summed E-state index contributed by atoms with van der Waals surface area (Å²) in [5.74, 6) is 0.335. The number of carbonyl (C=O) groups excluding carboxylic acids is 2. The van der Waals surface area contributed by atoms with Crippen LogP contribution in [0.15, 0.2) is 24.3 Å². The van der Waals surface area contributed by atoms with Crippen LogP contribution in [0.25, 0.3) is 0 Å². The fourth-order valence-corrected chi connectivity index (χ4v) is 2.51. The minimum atomic E-state index is -0.127. The van der Waals surface area contributed by atoms with Gasteiger partial charge in [-0.1, -0.05) is 13.8 Å². The van der Waals surface area contributed by atoms with Crippen molar-refractivity contribution < 1.29 is 9.59 Å². The van der Waals surface area contributed by atoms with E-state index >= 15 is 0 Å². The Morgan fingerprint density at radius 3 is 2.38 bits per heavy atom. The molecule has 3 N–H and O–H groups in total. The number of benzene rings is 1. The highest BCUT2D eigenvalue weighted by atomic mass is 16.2. The van der Waals surface area contributed by atoms with Gasteiger partial charge in [0.1, 0.15) is 0 Å². The highest BCUT2D eigenvalue weighted by Crippen LogP contribution is 2.18. The summed E-state index contributed by atoms with van der Waals surface area (Å²) >= 11 is 0. The monoisotopic (exact) mass is 289 g/mol. The first-order valence-electron chi connectivity index (χ1n) is 7.54. The molecule has 2 unspecified atom stereocenters. The maximum Gasteiger partial charge on any atom is 0.241 e. The molecule has 1 heterocycles. The van der Waals surface area contributed by atoms with Crippen molar-refractivity contribution in [1.82, 2.24) is 5.32 Å². The topological polar surface area (TPSA) is 70.2 Å². The largest absolute Gasteiger partial charge is 0.326 e. The van der Waals surface area contributed by atoms with Crippen molar-refractivity contribution in [3.05, 3.63) is 24.3 Å². The van der Waals surface area contributed by atoms with Crippen LogP contribution in [0.2, 0.25) is 0 Å². The molecule has 1 aromatic rings. The number of piperidine rings is 1. The van der Waals surface area contributed by atoms with Crippen LogP contribution in [0.3, 0.4) is 0 Å². The van der Waals surface area contributed by atoms with E-state index in [1.807, 2.05) is 6.92 Å². The average molecular weight is 289 g/mol. The molecule has 5 heteroatoms. The van der Waals surface area contributed by atoms with Crippen molar-refractivity contribution in [2.75, 3.05) is 17.2 Å². The number of hydrogen-bond acceptors (Lipinski definition) is 3. The molecule has 5 nitrogen and oxygen atoms in total. The molecule has 1 aliphatic heterocycles. The summed E-state index contributed by atoms with van der Waals surface area (Å²) < 4.78 is 0. The average Bonchev–Trinajstić information content (AvgIpc) is 2.49. The quantitative estimate of drug-likeness (QED) is 0.797. The number of rotatable bonds is 4. The molecule has 1 aliphatic rings. The van der Waals surface area contributed by atoms with Crippen molar-refractivity contribution in [3.63, 3.8) is 0 Å². The van der Waals surface area contributed by atoms with Crippen LogP contribution in [-0.4, -0.2) is 24.4 Å². The molecule has 0 aliphatic carbocycles. The highest BCUT2D eigenvalue weighted by Gasteiger charge is 2.27. The lowest BCUT2D eigenvalue weighted by atomic mass is 9.92. The van der Waals surface area contributed by atoms with Gasteiger partial charge in [0, 0.05) is 17.8 Å². The van der Waals surface area contributed by atoms with Crippen LogP contribution in [0.4, 0.5) is 11.4 Å². The molecule has 114 valence electrons. The molecule has 0 aromatic heterocycles. The van der Waals surface area contributed by atoms with E-state index in [1.165, 1.54) is 0 Å². The Bertz CT molecular complexity index is 499. The van der Waals surface area contributed by atoms with Crippen molar-refractivity contribution in [2.24, 2.45) is 5.92 Å². The second-order valence-electron chi connectivity index (χ2n) is 5.52. The number of anilines is 2. The third-order valence-electron chi connectivity index (χ3n) is 3.81. The summed E-state index contributed by atoms with van der Waals surface area (Å²) in [5, 5.41) is 8.97. The molecule has 2 amide bonds. The van der Waals surface area contributed by atoms with E-state index in [0.717, 1.165) is 30.8 Å². The summed E-state index contributed by atoms with van der Waals surface area (Å²) in [5.41, 5.74) is 1.48. The predicted octanol–water partition coefficient (Wildman–Crippen LogP) is 2.36. The van der Waals surface area contributed by atoms with Crippen molar-refractivity contribution in [3.8, 4) is 0 Å². The molecule has 1 fully saturated rings. The smallest absolute Gasteiger partial charge is 0.241 e. The summed E-state index contributed by atoms with van der Waals surface area (Å²) in [6.45, 7) is 4.80. The van der Waals surface area contributed by atoms with Gasteiger partial charge in [-0.2, -0.15) is 0 Å². The minimum Gasteiger partial charge on any atom is -0.326 e. The lowest BCUT2D eigenvalue weighted by Crippen LogP contribution is -2.48. The Morgan fingerprint density at radius 2 is 1.81 bits per heavy atom. The van der Waals surface area contributed by atoms with E-state index in [2.05, 4.69) is 22.9 Å². The van der Waals surface area contributed by atoms with E-state index in [0.29, 0.717) is 12.3 Å². The lowest BCUT2D eigenvalue weighted by molar-refractivity contribution is -0.119. The van der Waals surface area contributed by atoms with Gasteiger partial charge in [0.25, 0.3) is 0 Å². The Balaban J connectivity index is 1.93. The Labute approximate surface area is 125 Å². The zero-order valence-corrected chi connectivity index (χ0v) is 12.6. The van der Waals surface area contributed by atoms with E-state index in [9.17, 15) is 9.59 Å². The molecular formula is C16H23N3O2. The molecule has 21 heavy (non-hydrogen) atoms. The van der Waals surface area contributed by atoms with Gasteiger partial charge in [0.15, 0.2) is 0 Å². The molecule has 1 saturated heterocycles. The maximum absolute atomic E-state index is 12.2. The molecule has 1 aromatic carbocycles. The zero-order chi connectivity index (χ0) is 15.2. The number of nitrogens with one attached hydrogen (secondary N) is 3. The maximum atomic E-state index is 12.2. The lowest BCUT2D eigenvalue weighted by Gasteiger charge is -2.28. The molecule has 0 spiro atoms. The van der Waals surface area contributed by atoms with Crippen LogP contribution in [-0.2, 0) is 9.59 Å². The number of amides is 2. The molecule has 2 atom stereocenters. The van der Waals surface area contributed by atoms with E-state index in [-0.39, 0.29) is 17.9 Å². The Hall–Kier alpha value is -1.88. The first-order chi connectivity index (χ1) is 10.1. The zero-order valence-electron chi connectivity index (χ0n) is 12.6. The third kappa shape index (κ3) is 4.29. The van der Waals surface area contributed by atoms with Crippen molar-refractivity contribution in [1.29, 1.82) is 0 Å². The molecule has 0 bridgehead atoms. The van der Waals surface area contributed by atoms with Crippen LogP contribution in [0, 0.1) is 5.92 Å². The summed E-state index contributed by atoms with van der Waals surface area (Å²) in [6, 6.07) is 7.06. The van der Waals surface area contributed by atoms with Gasteiger partial charge in [-0.15, -0.1) is 0 Å². The van der Waals surface area contributed by atoms with Gasteiger partial charge in [0.2, 0.25) is 11.8 Å². The molecule has 0 radical (unpaired) electrons. The first-order valence-corrected chi connectivity index (χ1v) is 7.54. The van der Waals surface area contributed by atoms with Crippen LogP contribution >= 0.6 is 0 Å². The molecular weight excluding hydrogens is 266 g/mol. The SMILES string of the molecule is CCC(=O)Nc1ccc(NC(=O)C2NCCCC2C)cc1. The second kappa shape index (κ2) is 7.22. The summed E-state index contributed by atoms with van der Waals surface area (Å²) in [6.07, 6.45) is 2.65. The Kier molecular flexibility index (Phi) is 5.33. The summed E-state index contributed by atoms with van der Waals surface area (Å²) in [4.78, 5) is 23.5.